The fourth-order valence-electron chi connectivity index (χ4n) is 3.94. The molecule has 1 fully saturated rings. The van der Waals surface area contributed by atoms with E-state index in [-0.39, 0.29) is 6.04 Å². The minimum Gasteiger partial charge on any atom is -0.367 e. The summed E-state index contributed by atoms with van der Waals surface area (Å²) in [6.45, 7) is 5.43. The Hall–Kier alpha value is -3.42. The molecule has 1 unspecified atom stereocenters. The molecule has 168 valence electrons. The molecule has 2 aromatic carbocycles. The number of guanidine groups is 1. The molecule has 1 atom stereocenters. The van der Waals surface area contributed by atoms with Crippen LogP contribution < -0.4 is 15.5 Å². The number of rotatable bonds is 7. The average Bonchev–Trinajstić information content (AvgIpc) is 3.45. The predicted octanol–water partition coefficient (Wildman–Crippen LogP) is 3.54. The number of imidazole rings is 1. The fraction of sp³-hybridized carbons (Fsp3) is 0.333. The topological polar surface area (TPSA) is 57.5 Å². The van der Waals surface area contributed by atoms with Crippen molar-refractivity contribution >= 4 is 11.6 Å². The maximum atomic E-state index is 14.1. The lowest BCUT2D eigenvalue weighted by atomic mass is 10.1. The minimum atomic E-state index is -0.559. The lowest BCUT2D eigenvalue weighted by molar-refractivity contribution is 0.580. The van der Waals surface area contributed by atoms with E-state index in [1.807, 2.05) is 28.7 Å². The zero-order valence-corrected chi connectivity index (χ0v) is 18.1. The first kappa shape index (κ1) is 21.8. The zero-order valence-electron chi connectivity index (χ0n) is 18.1. The summed E-state index contributed by atoms with van der Waals surface area (Å²) in [6, 6.07) is 12.2. The summed E-state index contributed by atoms with van der Waals surface area (Å²) < 4.78 is 29.4. The number of nitrogens with one attached hydrogen (secondary N) is 2. The van der Waals surface area contributed by atoms with Crippen molar-refractivity contribution in [3.63, 3.8) is 0 Å². The summed E-state index contributed by atoms with van der Waals surface area (Å²) >= 11 is 0. The first-order valence-electron chi connectivity index (χ1n) is 10.9. The first-order chi connectivity index (χ1) is 15.6. The highest BCUT2D eigenvalue weighted by atomic mass is 19.1. The van der Waals surface area contributed by atoms with Crippen LogP contribution in [0.1, 0.15) is 24.5 Å². The Labute approximate surface area is 187 Å². The number of hydrogen-bond donors (Lipinski definition) is 2. The number of hydrogen-bond acceptors (Lipinski definition) is 3. The van der Waals surface area contributed by atoms with Crippen molar-refractivity contribution in [2.24, 2.45) is 4.99 Å². The molecule has 0 spiro atoms. The normalized spacial score (nSPS) is 16.4. The highest BCUT2D eigenvalue weighted by Crippen LogP contribution is 2.24. The number of aliphatic imine (C=N–C) groups is 1. The van der Waals surface area contributed by atoms with Gasteiger partial charge in [-0.05, 0) is 36.6 Å². The second-order valence-electron chi connectivity index (χ2n) is 7.92. The Morgan fingerprint density at radius 1 is 1.19 bits per heavy atom. The van der Waals surface area contributed by atoms with Crippen LogP contribution in [0.5, 0.6) is 0 Å². The van der Waals surface area contributed by atoms with E-state index in [0.717, 1.165) is 37.1 Å². The van der Waals surface area contributed by atoms with Crippen molar-refractivity contribution < 1.29 is 8.78 Å². The monoisotopic (exact) mass is 438 g/mol. The smallest absolute Gasteiger partial charge is 0.191 e. The van der Waals surface area contributed by atoms with E-state index >= 15 is 0 Å². The average molecular weight is 439 g/mol. The summed E-state index contributed by atoms with van der Waals surface area (Å²) in [7, 11) is 0. The van der Waals surface area contributed by atoms with Crippen LogP contribution in [-0.4, -0.2) is 41.2 Å². The van der Waals surface area contributed by atoms with Gasteiger partial charge in [0.1, 0.15) is 11.6 Å². The summed E-state index contributed by atoms with van der Waals surface area (Å²) in [6.07, 6.45) is 6.38. The molecule has 2 heterocycles. The minimum absolute atomic E-state index is 0.129. The van der Waals surface area contributed by atoms with Crippen molar-refractivity contribution in [1.82, 2.24) is 20.2 Å². The molecule has 1 aliphatic rings. The molecule has 32 heavy (non-hydrogen) atoms. The molecule has 4 rings (SSSR count). The Balaban J connectivity index is 1.37. The van der Waals surface area contributed by atoms with Crippen molar-refractivity contribution in [1.29, 1.82) is 0 Å². The molecule has 0 aliphatic carbocycles. The highest BCUT2D eigenvalue weighted by molar-refractivity contribution is 5.80. The lowest BCUT2D eigenvalue weighted by Gasteiger charge is -2.21. The van der Waals surface area contributed by atoms with Gasteiger partial charge in [0.2, 0.25) is 0 Å². The third-order valence-corrected chi connectivity index (χ3v) is 5.46. The predicted molar refractivity (Wildman–Crippen MR) is 123 cm³/mol. The Morgan fingerprint density at radius 2 is 2.06 bits per heavy atom. The summed E-state index contributed by atoms with van der Waals surface area (Å²) in [5.74, 6) is -0.350. The van der Waals surface area contributed by atoms with Crippen molar-refractivity contribution in [2.45, 2.75) is 32.5 Å². The van der Waals surface area contributed by atoms with E-state index in [1.165, 1.54) is 17.7 Å². The van der Waals surface area contributed by atoms with Crippen LogP contribution in [0, 0.1) is 11.6 Å². The van der Waals surface area contributed by atoms with Gasteiger partial charge in [-0.25, -0.2) is 18.8 Å². The van der Waals surface area contributed by atoms with E-state index in [9.17, 15) is 8.78 Å². The van der Waals surface area contributed by atoms with Crippen LogP contribution in [0.25, 0.3) is 0 Å². The third-order valence-electron chi connectivity index (χ3n) is 5.46. The van der Waals surface area contributed by atoms with Gasteiger partial charge in [-0.1, -0.05) is 24.3 Å². The quantitative estimate of drug-likeness (QED) is 0.438. The molecule has 0 saturated carbocycles. The van der Waals surface area contributed by atoms with Gasteiger partial charge in [0.25, 0.3) is 0 Å². The number of nitrogens with zero attached hydrogens (tertiary/aromatic N) is 4. The molecule has 1 aliphatic heterocycles. The van der Waals surface area contributed by atoms with Gasteiger partial charge in [-0.3, -0.25) is 0 Å². The van der Waals surface area contributed by atoms with Crippen molar-refractivity contribution in [3.8, 4) is 0 Å². The van der Waals surface area contributed by atoms with E-state index in [0.29, 0.717) is 25.3 Å². The second kappa shape index (κ2) is 10.3. The fourth-order valence-corrected chi connectivity index (χ4v) is 3.94. The molecule has 0 bridgehead atoms. The number of halogens is 2. The molecule has 0 radical (unpaired) electrons. The molecule has 0 amide bonds. The largest absolute Gasteiger partial charge is 0.367 e. The van der Waals surface area contributed by atoms with Crippen molar-refractivity contribution in [2.75, 3.05) is 24.5 Å². The van der Waals surface area contributed by atoms with Crippen molar-refractivity contribution in [3.05, 3.63) is 83.9 Å². The van der Waals surface area contributed by atoms with E-state index in [4.69, 9.17) is 4.99 Å². The maximum Gasteiger partial charge on any atom is 0.191 e. The summed E-state index contributed by atoms with van der Waals surface area (Å²) in [4.78, 5) is 10.8. The summed E-state index contributed by atoms with van der Waals surface area (Å²) in [5.41, 5.74) is 2.76. The van der Waals surface area contributed by atoms with Crippen LogP contribution in [0.3, 0.4) is 0 Å². The van der Waals surface area contributed by atoms with Gasteiger partial charge in [-0.2, -0.15) is 0 Å². The molecule has 6 nitrogen and oxygen atoms in total. The van der Waals surface area contributed by atoms with E-state index in [1.54, 1.807) is 12.5 Å². The van der Waals surface area contributed by atoms with Crippen LogP contribution in [0.2, 0.25) is 0 Å². The van der Waals surface area contributed by atoms with Gasteiger partial charge in [0.05, 0.1) is 18.6 Å². The molecule has 3 aromatic rings. The first-order valence-corrected chi connectivity index (χ1v) is 10.9. The number of benzene rings is 2. The molecule has 1 saturated heterocycles. The molecule has 8 heteroatoms. The van der Waals surface area contributed by atoms with Gasteiger partial charge in [0, 0.05) is 50.7 Å². The van der Waals surface area contributed by atoms with E-state index in [2.05, 4.69) is 33.8 Å². The van der Waals surface area contributed by atoms with Crippen LogP contribution in [0.4, 0.5) is 14.5 Å². The van der Waals surface area contributed by atoms with E-state index < -0.39 is 11.6 Å². The number of anilines is 1. The maximum absolute atomic E-state index is 14.1. The van der Waals surface area contributed by atoms with Gasteiger partial charge in [-0.15, -0.1) is 0 Å². The molecular weight excluding hydrogens is 410 g/mol. The standard InChI is InChI=1S/C24H28F2N6/c1-2-28-24(29-14-18-4-3-5-19(12-18)15-31-11-9-27-17-31)30-21-8-10-32(16-21)23-7-6-20(25)13-22(23)26/h3-7,9,11-13,17,21H,2,8,10,14-16H2,1H3,(H2,28,29,30). The molecular formula is C24H28F2N6. The third kappa shape index (κ3) is 5.63. The van der Waals surface area contributed by atoms with Crippen LogP contribution in [0.15, 0.2) is 66.2 Å². The van der Waals surface area contributed by atoms with Gasteiger partial charge in [0.15, 0.2) is 5.96 Å². The zero-order chi connectivity index (χ0) is 22.3. The van der Waals surface area contributed by atoms with Gasteiger partial charge < -0.3 is 20.1 Å². The summed E-state index contributed by atoms with van der Waals surface area (Å²) in [5, 5.41) is 6.75. The van der Waals surface area contributed by atoms with Crippen LogP contribution in [-0.2, 0) is 13.1 Å². The van der Waals surface area contributed by atoms with Crippen LogP contribution >= 0.6 is 0 Å². The SMILES string of the molecule is CCNC(=NCc1cccc(Cn2ccnc2)c1)NC1CCN(c2ccc(F)cc2F)C1. The Kier molecular flexibility index (Phi) is 6.99. The Morgan fingerprint density at radius 3 is 2.84 bits per heavy atom. The molecule has 2 N–H and O–H groups in total. The molecule has 1 aromatic heterocycles. The second-order valence-corrected chi connectivity index (χ2v) is 7.92. The highest BCUT2D eigenvalue weighted by Gasteiger charge is 2.25. The Bertz CT molecular complexity index is 1050. The lowest BCUT2D eigenvalue weighted by Crippen LogP contribution is -2.44. The number of aromatic nitrogens is 2. The van der Waals surface area contributed by atoms with Gasteiger partial charge >= 0.3 is 0 Å².